The zero-order valence-corrected chi connectivity index (χ0v) is 13.6. The van der Waals surface area contributed by atoms with Gasteiger partial charge in [0.2, 0.25) is 0 Å². The average molecular weight is 269 g/mol. The van der Waals surface area contributed by atoms with E-state index < -0.39 is 0 Å². The molecule has 1 rings (SSSR count). The van der Waals surface area contributed by atoms with E-state index in [1.54, 1.807) is 0 Å². The predicted molar refractivity (Wildman–Crippen MR) is 84.7 cm³/mol. The Balaban J connectivity index is 2.02. The van der Waals surface area contributed by atoms with Crippen LogP contribution in [0.4, 0.5) is 0 Å². The lowest BCUT2D eigenvalue weighted by molar-refractivity contribution is 0.174. The maximum atomic E-state index is 3.57. The summed E-state index contributed by atoms with van der Waals surface area (Å²) in [5.74, 6) is 0.928. The summed E-state index contributed by atoms with van der Waals surface area (Å²) in [7, 11) is 4.53. The first-order valence-corrected chi connectivity index (χ1v) is 8.22. The highest BCUT2D eigenvalue weighted by molar-refractivity contribution is 4.72. The third-order valence-electron chi connectivity index (χ3n) is 4.33. The van der Waals surface area contributed by atoms with E-state index in [1.165, 1.54) is 58.3 Å². The lowest BCUT2D eigenvalue weighted by atomic mass is 9.96. The minimum absolute atomic E-state index is 0.677. The molecule has 0 amide bonds. The second-order valence-electron chi connectivity index (χ2n) is 6.51. The molecule has 0 saturated carbocycles. The van der Waals surface area contributed by atoms with Crippen LogP contribution >= 0.6 is 0 Å². The van der Waals surface area contributed by atoms with E-state index in [4.69, 9.17) is 0 Å². The summed E-state index contributed by atoms with van der Waals surface area (Å²) < 4.78 is 0. The van der Waals surface area contributed by atoms with E-state index in [2.05, 4.69) is 43.1 Å². The molecule has 0 aliphatic carbocycles. The molecule has 1 aliphatic heterocycles. The van der Waals surface area contributed by atoms with Gasteiger partial charge in [-0.3, -0.25) is 0 Å². The number of nitrogens with one attached hydrogen (secondary N) is 1. The first-order chi connectivity index (χ1) is 9.11. The Labute approximate surface area is 120 Å². The smallest absolute Gasteiger partial charge is 0.00391 e. The third kappa shape index (κ3) is 7.91. The van der Waals surface area contributed by atoms with Crippen LogP contribution in [0.3, 0.4) is 0 Å². The normalized spacial score (nSPS) is 20.1. The van der Waals surface area contributed by atoms with E-state index >= 15 is 0 Å². The summed E-state index contributed by atoms with van der Waals surface area (Å²) in [5, 5.41) is 3.57. The topological polar surface area (TPSA) is 18.5 Å². The van der Waals surface area contributed by atoms with Crippen molar-refractivity contribution in [3.8, 4) is 0 Å². The van der Waals surface area contributed by atoms with Gasteiger partial charge in [-0.2, -0.15) is 0 Å². The Morgan fingerprint density at radius 3 is 2.63 bits per heavy atom. The number of hydrogen-bond donors (Lipinski definition) is 1. The van der Waals surface area contributed by atoms with Gasteiger partial charge in [-0.1, -0.05) is 6.92 Å². The monoisotopic (exact) mass is 269 g/mol. The van der Waals surface area contributed by atoms with Crippen molar-refractivity contribution in [1.82, 2.24) is 15.1 Å². The molecule has 0 aromatic carbocycles. The van der Waals surface area contributed by atoms with Crippen LogP contribution in [0.25, 0.3) is 0 Å². The molecule has 1 saturated heterocycles. The van der Waals surface area contributed by atoms with Crippen molar-refractivity contribution in [2.75, 3.05) is 46.8 Å². The Morgan fingerprint density at radius 2 is 2.00 bits per heavy atom. The summed E-state index contributed by atoms with van der Waals surface area (Å²) in [6, 6.07) is 0.677. The number of rotatable bonds is 9. The molecule has 3 heteroatoms. The maximum absolute atomic E-state index is 3.57. The van der Waals surface area contributed by atoms with Gasteiger partial charge in [0.25, 0.3) is 0 Å². The van der Waals surface area contributed by atoms with E-state index in [9.17, 15) is 0 Å². The molecule has 19 heavy (non-hydrogen) atoms. The van der Waals surface area contributed by atoms with Gasteiger partial charge in [0.05, 0.1) is 0 Å². The van der Waals surface area contributed by atoms with Gasteiger partial charge in [-0.15, -0.1) is 0 Å². The van der Waals surface area contributed by atoms with Crippen LogP contribution in [0, 0.1) is 5.92 Å². The van der Waals surface area contributed by atoms with E-state index in [1.807, 2.05) is 0 Å². The highest BCUT2D eigenvalue weighted by Gasteiger charge is 2.17. The fourth-order valence-corrected chi connectivity index (χ4v) is 2.94. The van der Waals surface area contributed by atoms with Crippen molar-refractivity contribution in [1.29, 1.82) is 0 Å². The first kappa shape index (κ1) is 16.9. The predicted octanol–water partition coefficient (Wildman–Crippen LogP) is 2.43. The number of piperidine rings is 1. The molecular weight excluding hydrogens is 234 g/mol. The molecule has 1 heterocycles. The Morgan fingerprint density at radius 1 is 1.32 bits per heavy atom. The quantitative estimate of drug-likeness (QED) is 0.693. The SMILES string of the molecule is CCCNC(C)CCCN(C)CC1CCN(C)CC1. The van der Waals surface area contributed by atoms with Crippen LogP contribution in [0.2, 0.25) is 0 Å². The van der Waals surface area contributed by atoms with Crippen molar-refractivity contribution < 1.29 is 0 Å². The zero-order chi connectivity index (χ0) is 14.1. The highest BCUT2D eigenvalue weighted by atomic mass is 15.1. The Bertz CT molecular complexity index is 212. The average Bonchev–Trinajstić information content (AvgIpc) is 2.39. The third-order valence-corrected chi connectivity index (χ3v) is 4.33. The summed E-state index contributed by atoms with van der Waals surface area (Å²) >= 11 is 0. The highest BCUT2D eigenvalue weighted by Crippen LogP contribution is 2.16. The Hall–Kier alpha value is -0.120. The van der Waals surface area contributed by atoms with Crippen LogP contribution in [-0.4, -0.2) is 62.7 Å². The summed E-state index contributed by atoms with van der Waals surface area (Å²) in [5.41, 5.74) is 0. The minimum atomic E-state index is 0.677. The van der Waals surface area contributed by atoms with Gasteiger partial charge in [-0.25, -0.2) is 0 Å². The lowest BCUT2D eigenvalue weighted by Crippen LogP contribution is -2.36. The van der Waals surface area contributed by atoms with Gasteiger partial charge in [-0.05, 0) is 85.2 Å². The molecule has 1 aliphatic rings. The second kappa shape index (κ2) is 9.73. The van der Waals surface area contributed by atoms with Crippen molar-refractivity contribution in [2.24, 2.45) is 5.92 Å². The summed E-state index contributed by atoms with van der Waals surface area (Å²) in [4.78, 5) is 5.00. The summed E-state index contributed by atoms with van der Waals surface area (Å²) in [6.07, 6.45) is 6.63. The molecule has 0 spiro atoms. The molecule has 0 bridgehead atoms. The molecule has 1 unspecified atom stereocenters. The van der Waals surface area contributed by atoms with E-state index in [-0.39, 0.29) is 0 Å². The second-order valence-corrected chi connectivity index (χ2v) is 6.51. The number of hydrogen-bond acceptors (Lipinski definition) is 3. The van der Waals surface area contributed by atoms with Crippen LogP contribution < -0.4 is 5.32 Å². The minimum Gasteiger partial charge on any atom is -0.314 e. The van der Waals surface area contributed by atoms with Crippen molar-refractivity contribution >= 4 is 0 Å². The molecule has 114 valence electrons. The molecule has 0 aromatic heterocycles. The fraction of sp³-hybridized carbons (Fsp3) is 1.00. The van der Waals surface area contributed by atoms with Crippen molar-refractivity contribution in [2.45, 2.75) is 52.0 Å². The van der Waals surface area contributed by atoms with Gasteiger partial charge >= 0.3 is 0 Å². The van der Waals surface area contributed by atoms with Gasteiger partial charge < -0.3 is 15.1 Å². The molecule has 0 aromatic rings. The Kier molecular flexibility index (Phi) is 8.67. The maximum Gasteiger partial charge on any atom is 0.00391 e. The largest absolute Gasteiger partial charge is 0.314 e. The van der Waals surface area contributed by atoms with Crippen LogP contribution in [-0.2, 0) is 0 Å². The van der Waals surface area contributed by atoms with Gasteiger partial charge in [0.1, 0.15) is 0 Å². The van der Waals surface area contributed by atoms with Crippen molar-refractivity contribution in [3.63, 3.8) is 0 Å². The molecule has 1 atom stereocenters. The van der Waals surface area contributed by atoms with Crippen LogP contribution in [0.5, 0.6) is 0 Å². The first-order valence-electron chi connectivity index (χ1n) is 8.22. The van der Waals surface area contributed by atoms with E-state index in [0.29, 0.717) is 6.04 Å². The number of nitrogens with zero attached hydrogens (tertiary/aromatic N) is 2. The van der Waals surface area contributed by atoms with Crippen LogP contribution in [0.1, 0.15) is 46.0 Å². The zero-order valence-electron chi connectivity index (χ0n) is 13.6. The molecule has 1 fully saturated rings. The fourth-order valence-electron chi connectivity index (χ4n) is 2.94. The van der Waals surface area contributed by atoms with Gasteiger partial charge in [0.15, 0.2) is 0 Å². The molecule has 0 radical (unpaired) electrons. The number of likely N-dealkylation sites (tertiary alicyclic amines) is 1. The lowest BCUT2D eigenvalue weighted by Gasteiger charge is -2.31. The standard InChI is InChI=1S/C16H35N3/c1-5-10-17-15(2)7-6-11-19(4)14-16-8-12-18(3)13-9-16/h15-17H,5-14H2,1-4H3. The van der Waals surface area contributed by atoms with E-state index in [0.717, 1.165) is 12.5 Å². The van der Waals surface area contributed by atoms with Crippen molar-refractivity contribution in [3.05, 3.63) is 0 Å². The molecule has 1 N–H and O–H groups in total. The molecule has 3 nitrogen and oxygen atoms in total. The van der Waals surface area contributed by atoms with Crippen LogP contribution in [0.15, 0.2) is 0 Å². The summed E-state index contributed by atoms with van der Waals surface area (Å²) in [6.45, 7) is 10.8. The van der Waals surface area contributed by atoms with Gasteiger partial charge in [0, 0.05) is 12.6 Å². The molecular formula is C16H35N3.